The van der Waals surface area contributed by atoms with Gasteiger partial charge in [-0.2, -0.15) is 0 Å². The third-order valence-electron chi connectivity index (χ3n) is 10.6. The molecule has 0 bridgehead atoms. The molecule has 0 aliphatic carbocycles. The number of benzene rings is 4. The van der Waals surface area contributed by atoms with Gasteiger partial charge in [-0.3, -0.25) is 4.79 Å². The van der Waals surface area contributed by atoms with Crippen LogP contribution in [-0.4, -0.2) is 20.9 Å². The molecule has 0 unspecified atom stereocenters. The summed E-state index contributed by atoms with van der Waals surface area (Å²) in [5.41, 5.74) is 3.21. The van der Waals surface area contributed by atoms with Crippen molar-refractivity contribution in [1.82, 2.24) is 9.97 Å². The molecule has 0 saturated heterocycles. The summed E-state index contributed by atoms with van der Waals surface area (Å²) in [6, 6.07) is 24.5. The Bertz CT molecular complexity index is 2880. The number of aliphatic hydroxyl groups is 1. The van der Waals surface area contributed by atoms with Gasteiger partial charge in [0.25, 0.3) is 0 Å². The first kappa shape index (κ1) is 31.4. The summed E-state index contributed by atoms with van der Waals surface area (Å²) in [4.78, 5) is 20.7. The number of ketones is 1. The average Bonchev–Trinajstić information content (AvgIpc) is 3.62. The smallest absolute Gasteiger partial charge is 0.162 e. The molecular weight excluding hydrogens is 869 g/mol. The Morgan fingerprint density at radius 1 is 0.804 bits per heavy atom. The summed E-state index contributed by atoms with van der Waals surface area (Å²) in [6.45, 7) is 6.77. The molecule has 3 heterocycles. The number of fused-ring (bicyclic) bond motifs is 6. The first-order valence-electron chi connectivity index (χ1n) is 23.6. The van der Waals surface area contributed by atoms with E-state index in [1.807, 2.05) is 64.1 Å². The zero-order chi connectivity index (χ0) is 47.1. The number of aliphatic hydroxyl groups excluding tert-OH is 1. The van der Waals surface area contributed by atoms with Gasteiger partial charge < -0.3 is 14.5 Å². The topological polar surface area (TPSA) is 76.2 Å². The van der Waals surface area contributed by atoms with Crippen molar-refractivity contribution < 1.29 is 46.8 Å². The van der Waals surface area contributed by atoms with Crippen LogP contribution < -0.4 is 0 Å². The number of hydrogen-bond donors (Lipinski definition) is 1. The van der Waals surface area contributed by atoms with E-state index in [4.69, 9.17) is 16.8 Å². The molecule has 0 fully saturated rings. The first-order valence-corrected chi connectivity index (χ1v) is 19.1. The number of nitrogens with zero attached hydrogens (tertiary/aromatic N) is 2. The fourth-order valence-electron chi connectivity index (χ4n) is 7.15. The van der Waals surface area contributed by atoms with Crippen molar-refractivity contribution in [3.63, 3.8) is 0 Å². The van der Waals surface area contributed by atoms with Crippen LogP contribution in [-0.2, 0) is 30.3 Å². The number of carbonyl (C=O) groups is 1. The SMILES string of the molecule is CCC(CC)C(=O)/C=C(\O)C(CC)CC.[2H]C([2H])([2H])c1ccc2ccc3c4cc[c-]c(-c5cc(-c6cc7ccc(C(C)(C)C)cc7cc6C([2H])([2H])[2H])c(C([2H])([2H])[2H])cn5)c4oc3c2n1.[Ir]. The zero-order valence-corrected chi connectivity index (χ0v) is 35.5. The summed E-state index contributed by atoms with van der Waals surface area (Å²) in [5.74, 6) is 0.547. The predicted octanol–water partition coefficient (Wildman–Crippen LogP) is 13.9. The Labute approximate surface area is 358 Å². The molecule has 293 valence electrons. The van der Waals surface area contributed by atoms with Gasteiger partial charge in [-0.15, -0.1) is 18.2 Å². The number of allylic oxidation sites excluding steroid dienone is 2. The molecule has 0 spiro atoms. The van der Waals surface area contributed by atoms with Gasteiger partial charge in [-0.25, -0.2) is 4.98 Å². The third-order valence-corrected chi connectivity index (χ3v) is 10.6. The maximum atomic E-state index is 11.7. The van der Waals surface area contributed by atoms with Gasteiger partial charge in [-0.05, 0) is 108 Å². The normalized spacial score (nSPS) is 15.2. The molecular formula is C50H55IrN2O3-. The van der Waals surface area contributed by atoms with Crippen LogP contribution in [0.4, 0.5) is 0 Å². The van der Waals surface area contributed by atoms with Gasteiger partial charge in [0.1, 0.15) is 11.1 Å². The molecule has 0 aliphatic rings. The predicted molar refractivity (Wildman–Crippen MR) is 231 cm³/mol. The molecule has 0 aliphatic heterocycles. The zero-order valence-electron chi connectivity index (χ0n) is 42.1. The van der Waals surface area contributed by atoms with E-state index < -0.39 is 20.6 Å². The van der Waals surface area contributed by atoms with Crippen LogP contribution in [0.2, 0.25) is 0 Å². The number of hydrogen-bond acceptors (Lipinski definition) is 5. The molecule has 6 heteroatoms. The number of rotatable bonds is 9. The Morgan fingerprint density at radius 2 is 1.48 bits per heavy atom. The molecule has 1 radical (unpaired) electrons. The average molecular weight is 933 g/mol. The van der Waals surface area contributed by atoms with E-state index in [2.05, 4.69) is 36.8 Å². The second kappa shape index (κ2) is 17.7. The molecule has 7 rings (SSSR count). The maximum Gasteiger partial charge on any atom is 0.162 e. The monoisotopic (exact) mass is 933 g/mol. The van der Waals surface area contributed by atoms with Crippen molar-refractivity contribution in [2.45, 2.75) is 100 Å². The van der Waals surface area contributed by atoms with Gasteiger partial charge in [0.05, 0.1) is 11.3 Å². The number of furan rings is 1. The van der Waals surface area contributed by atoms with Crippen LogP contribution in [0.15, 0.2) is 95.2 Å². The Balaban J connectivity index is 0.000000428. The molecule has 1 N–H and O–H groups in total. The maximum absolute atomic E-state index is 11.7. The molecule has 56 heavy (non-hydrogen) atoms. The summed E-state index contributed by atoms with van der Waals surface area (Å²) in [6.07, 6.45) is 6.17. The third kappa shape index (κ3) is 8.67. The summed E-state index contributed by atoms with van der Waals surface area (Å²) in [5, 5.41) is 13.4. The molecule has 0 saturated carbocycles. The Kier molecular flexibility index (Phi) is 9.91. The van der Waals surface area contributed by atoms with Crippen molar-refractivity contribution in [2.24, 2.45) is 11.8 Å². The fourth-order valence-corrected chi connectivity index (χ4v) is 7.15. The molecule has 5 nitrogen and oxygen atoms in total. The van der Waals surface area contributed by atoms with Gasteiger partial charge >= 0.3 is 0 Å². The van der Waals surface area contributed by atoms with Crippen LogP contribution in [0.1, 0.15) is 109 Å². The van der Waals surface area contributed by atoms with Crippen LogP contribution in [0.3, 0.4) is 0 Å². The quantitative estimate of drug-likeness (QED) is 0.0887. The minimum Gasteiger partial charge on any atom is -0.512 e. The van der Waals surface area contributed by atoms with E-state index in [0.717, 1.165) is 42.0 Å². The van der Waals surface area contributed by atoms with Crippen LogP contribution in [0.5, 0.6) is 0 Å². The number of aromatic nitrogens is 2. The minimum atomic E-state index is -2.60. The number of pyridine rings is 2. The Morgan fingerprint density at radius 3 is 2.16 bits per heavy atom. The molecule has 0 atom stereocenters. The summed E-state index contributed by atoms with van der Waals surface area (Å²) < 4.78 is 80.4. The van der Waals surface area contributed by atoms with E-state index in [9.17, 15) is 9.90 Å². The standard InChI is InChI=1S/C37H31N2O.C13H24O2.Ir/c1-21-16-26-17-27(37(4,5)6)14-12-25(26)18-31(21)32-19-33(38-20-22(32)2)30-9-7-8-28-29-15-13-24-11-10-23(3)39-34(24)36(29)40-35(28)30;1-5-10(6-2)12(14)9-13(15)11(7-3)8-4;/h7-8,10-20H,1-6H3;9-11,14H,5-8H2,1-4H3;/q-1;;/b;12-9-;/i1D3,2D3,3D3;;. The van der Waals surface area contributed by atoms with Crippen molar-refractivity contribution >= 4 is 49.4 Å². The second-order valence-corrected chi connectivity index (χ2v) is 15.2. The summed E-state index contributed by atoms with van der Waals surface area (Å²) >= 11 is 0. The Hall–Kier alpha value is -4.64. The first-order chi connectivity index (χ1) is 29.9. The van der Waals surface area contributed by atoms with E-state index >= 15 is 0 Å². The largest absolute Gasteiger partial charge is 0.512 e. The molecule has 0 amide bonds. The molecule has 4 aromatic carbocycles. The summed E-state index contributed by atoms with van der Waals surface area (Å²) in [7, 11) is 0. The van der Waals surface area contributed by atoms with Crippen molar-refractivity contribution in [3.8, 4) is 22.4 Å². The van der Waals surface area contributed by atoms with Gasteiger partial charge in [0.2, 0.25) is 0 Å². The second-order valence-electron chi connectivity index (χ2n) is 15.2. The van der Waals surface area contributed by atoms with Crippen molar-refractivity contribution in [2.75, 3.05) is 0 Å². The number of aryl methyl sites for hydroxylation is 3. The van der Waals surface area contributed by atoms with E-state index in [0.29, 0.717) is 44.1 Å². The van der Waals surface area contributed by atoms with Crippen molar-refractivity contribution in [1.29, 1.82) is 0 Å². The van der Waals surface area contributed by atoms with Gasteiger partial charge in [-0.1, -0.05) is 108 Å². The van der Waals surface area contributed by atoms with Gasteiger partial charge in [0, 0.05) is 73.0 Å². The van der Waals surface area contributed by atoms with Crippen LogP contribution in [0, 0.1) is 38.5 Å². The van der Waals surface area contributed by atoms with Gasteiger partial charge in [0.15, 0.2) is 5.78 Å². The fraction of sp³-hybridized carbons (Fsp3) is 0.340. The van der Waals surface area contributed by atoms with E-state index in [1.54, 1.807) is 30.3 Å². The van der Waals surface area contributed by atoms with E-state index in [1.165, 1.54) is 18.3 Å². The molecule has 3 aromatic heterocycles. The van der Waals surface area contributed by atoms with E-state index in [-0.39, 0.29) is 76.8 Å². The van der Waals surface area contributed by atoms with Crippen LogP contribution >= 0.6 is 0 Å². The number of carbonyl (C=O) groups excluding carboxylic acids is 1. The van der Waals surface area contributed by atoms with Crippen LogP contribution in [0.25, 0.3) is 66.0 Å². The van der Waals surface area contributed by atoms with Crippen molar-refractivity contribution in [3.05, 3.63) is 119 Å². The minimum absolute atomic E-state index is 0. The molecule has 7 aromatic rings.